The van der Waals surface area contributed by atoms with E-state index in [2.05, 4.69) is 62.2 Å². The highest BCUT2D eigenvalue weighted by atomic mass is 35.5. The number of thioether (sulfide) groups is 1. The van der Waals surface area contributed by atoms with Crippen LogP contribution in [0.4, 0.5) is 24.5 Å². The van der Waals surface area contributed by atoms with Crippen LogP contribution < -0.4 is 20.3 Å². The fraction of sp³-hybridized carbons (Fsp3) is 0.392. The molecule has 0 aliphatic carbocycles. The zero-order chi connectivity index (χ0) is 48.8. The largest absolute Gasteiger partial charge is 0.501 e. The van der Waals surface area contributed by atoms with Gasteiger partial charge in [0.05, 0.1) is 5.69 Å². The number of piperazine rings is 1. The predicted molar refractivity (Wildman–Crippen MR) is 276 cm³/mol. The lowest BCUT2D eigenvalue weighted by Crippen LogP contribution is -2.46. The number of hydrogen-bond donors (Lipinski definition) is 3. The number of hydrogen-bond acceptors (Lipinski definition) is 10. The van der Waals surface area contributed by atoms with Crippen LogP contribution in [0.25, 0.3) is 11.1 Å². The number of amides is 1. The lowest BCUT2D eigenvalue weighted by Gasteiger charge is -2.36. The number of nitrogens with one attached hydrogen (secondary N) is 3. The Morgan fingerprint density at radius 3 is 2.00 bits per heavy atom. The van der Waals surface area contributed by atoms with E-state index >= 15 is 0 Å². The molecule has 1 amide bonds. The maximum absolute atomic E-state index is 13.6. The molecule has 0 aromatic heterocycles. The molecular formula is C51H66ClF3N6O3S3. The molecule has 5 aromatic rings. The molecule has 5 aromatic carbocycles. The summed E-state index contributed by atoms with van der Waals surface area (Å²) in [5, 5.41) is 6.85. The van der Waals surface area contributed by atoms with Gasteiger partial charge in [-0.2, -0.15) is 13.2 Å². The fourth-order valence-electron chi connectivity index (χ4n) is 7.43. The first-order valence-electron chi connectivity index (χ1n) is 23.0. The molecule has 0 saturated carbocycles. The van der Waals surface area contributed by atoms with E-state index in [1.807, 2.05) is 100 Å². The maximum Gasteiger partial charge on any atom is 0.501 e. The maximum atomic E-state index is 13.6. The number of halogens is 4. The number of rotatable bonds is 15. The van der Waals surface area contributed by atoms with Crippen LogP contribution in [-0.4, -0.2) is 101 Å². The number of sulfone groups is 1. The number of nitrogens with zero attached hydrogens (tertiary/aromatic N) is 3. The van der Waals surface area contributed by atoms with Crippen molar-refractivity contribution in [3.8, 4) is 11.1 Å². The van der Waals surface area contributed by atoms with Crippen molar-refractivity contribution >= 4 is 62.4 Å². The van der Waals surface area contributed by atoms with Gasteiger partial charge in [0.15, 0.2) is 0 Å². The molecule has 2 saturated heterocycles. The summed E-state index contributed by atoms with van der Waals surface area (Å²) >= 11 is 8.33. The third-order valence-corrected chi connectivity index (χ3v) is 14.7. The van der Waals surface area contributed by atoms with E-state index in [1.54, 1.807) is 12.1 Å². The minimum atomic E-state index is -5.67. The van der Waals surface area contributed by atoms with Crippen molar-refractivity contribution in [2.45, 2.75) is 80.2 Å². The Morgan fingerprint density at radius 1 is 0.761 bits per heavy atom. The average Bonchev–Trinajstić information content (AvgIpc) is 3.37. The topological polar surface area (TPSA) is 97.0 Å². The number of carbonyl (C=O) groups excluding carboxylic acids is 1. The minimum absolute atomic E-state index is 0.135. The Balaban J connectivity index is 0.000000609. The highest BCUT2D eigenvalue weighted by Crippen LogP contribution is 2.37. The molecule has 3 N–H and O–H groups in total. The summed E-state index contributed by atoms with van der Waals surface area (Å²) in [5.74, 6) is 0.0314. The summed E-state index contributed by atoms with van der Waals surface area (Å²) in [6.45, 7) is 18.4. The molecular weight excluding hydrogens is 933 g/mol. The quantitative estimate of drug-likeness (QED) is 0.0534. The summed E-state index contributed by atoms with van der Waals surface area (Å²) < 4.78 is 68.5. The zero-order valence-electron chi connectivity index (χ0n) is 39.4. The molecule has 0 radical (unpaired) electrons. The van der Waals surface area contributed by atoms with Gasteiger partial charge in [-0.1, -0.05) is 101 Å². The Kier molecular flexibility index (Phi) is 23.4. The van der Waals surface area contributed by atoms with Crippen LogP contribution in [0.1, 0.15) is 63.4 Å². The lowest BCUT2D eigenvalue weighted by atomic mass is 9.99. The molecule has 2 fully saturated rings. The van der Waals surface area contributed by atoms with Crippen molar-refractivity contribution in [3.05, 3.63) is 137 Å². The Hall–Kier alpha value is -4.22. The lowest BCUT2D eigenvalue weighted by molar-refractivity contribution is -0.0435. The third kappa shape index (κ3) is 16.8. The number of anilines is 2. The van der Waals surface area contributed by atoms with Crippen LogP contribution in [0.5, 0.6) is 0 Å². The first kappa shape index (κ1) is 55.4. The molecule has 2 aliphatic rings. The SMILES string of the molecule is CC.CC.CCN1CCC(NC)CC1.O=C(NSc1ccc(NCCSc2ccccc2)c(S(=O)(=O)C(F)(F)F)c1)c1ccc(N2CCN(Cc3ccccc3-c3ccc(Cl)cc3)CC2)cc1. The van der Waals surface area contributed by atoms with Crippen molar-refractivity contribution in [2.75, 3.05) is 75.4 Å². The molecule has 364 valence electrons. The highest BCUT2D eigenvalue weighted by molar-refractivity contribution is 7.99. The molecule has 0 bridgehead atoms. The molecule has 9 nitrogen and oxygen atoms in total. The van der Waals surface area contributed by atoms with E-state index in [-0.39, 0.29) is 17.1 Å². The molecule has 2 heterocycles. The number of alkyl halides is 3. The van der Waals surface area contributed by atoms with E-state index in [4.69, 9.17) is 11.6 Å². The Labute approximate surface area is 410 Å². The molecule has 16 heteroatoms. The van der Waals surface area contributed by atoms with E-state index in [9.17, 15) is 26.4 Å². The first-order chi connectivity index (χ1) is 32.3. The van der Waals surface area contributed by atoms with Gasteiger partial charge in [-0.15, -0.1) is 11.8 Å². The van der Waals surface area contributed by atoms with Gasteiger partial charge in [0.2, 0.25) is 0 Å². The van der Waals surface area contributed by atoms with E-state index in [1.165, 1.54) is 67.5 Å². The monoisotopic (exact) mass is 998 g/mol. The second-order valence-electron chi connectivity index (χ2n) is 15.2. The Bertz CT molecular complexity index is 2320. The van der Waals surface area contributed by atoms with Gasteiger partial charge in [-0.3, -0.25) is 14.4 Å². The summed E-state index contributed by atoms with van der Waals surface area (Å²) in [6.07, 6.45) is 2.65. The fourth-order valence-corrected chi connectivity index (χ4v) is 10.0. The van der Waals surface area contributed by atoms with Crippen LogP contribution in [0, 0.1) is 0 Å². The average molecular weight is 1000 g/mol. The van der Waals surface area contributed by atoms with Crippen molar-refractivity contribution in [1.29, 1.82) is 0 Å². The van der Waals surface area contributed by atoms with Gasteiger partial charge < -0.3 is 20.4 Å². The zero-order valence-corrected chi connectivity index (χ0v) is 42.6. The highest BCUT2D eigenvalue weighted by Gasteiger charge is 2.48. The van der Waals surface area contributed by atoms with Crippen molar-refractivity contribution in [3.63, 3.8) is 0 Å². The molecule has 7 rings (SSSR count). The summed E-state index contributed by atoms with van der Waals surface area (Å²) in [4.78, 5) is 20.4. The van der Waals surface area contributed by atoms with Crippen LogP contribution in [-0.2, 0) is 16.4 Å². The van der Waals surface area contributed by atoms with E-state index in [0.717, 1.165) is 72.9 Å². The third-order valence-electron chi connectivity index (χ3n) is 11.1. The van der Waals surface area contributed by atoms with Crippen LogP contribution in [0.3, 0.4) is 0 Å². The minimum Gasteiger partial charge on any atom is -0.383 e. The molecule has 0 unspecified atom stereocenters. The van der Waals surface area contributed by atoms with Gasteiger partial charge in [0, 0.05) is 77.1 Å². The van der Waals surface area contributed by atoms with Gasteiger partial charge in [-0.25, -0.2) is 8.42 Å². The smallest absolute Gasteiger partial charge is 0.383 e. The van der Waals surface area contributed by atoms with Crippen molar-refractivity contribution in [1.82, 2.24) is 19.8 Å². The van der Waals surface area contributed by atoms with Crippen molar-refractivity contribution in [2.24, 2.45) is 0 Å². The van der Waals surface area contributed by atoms with Gasteiger partial charge in [0.1, 0.15) is 4.90 Å². The van der Waals surface area contributed by atoms with E-state index in [0.29, 0.717) is 16.3 Å². The van der Waals surface area contributed by atoms with Crippen LogP contribution >= 0.6 is 35.3 Å². The number of carbonyl (C=O) groups is 1. The van der Waals surface area contributed by atoms with Gasteiger partial charge in [-0.05, 0) is 135 Å². The second kappa shape index (κ2) is 28.3. The van der Waals surface area contributed by atoms with Crippen LogP contribution in [0.2, 0.25) is 5.02 Å². The van der Waals surface area contributed by atoms with Gasteiger partial charge in [0.25, 0.3) is 15.7 Å². The molecule has 0 atom stereocenters. The predicted octanol–water partition coefficient (Wildman–Crippen LogP) is 12.0. The number of piperidine rings is 1. The summed E-state index contributed by atoms with van der Waals surface area (Å²) in [6, 6.07) is 37.3. The normalized spacial score (nSPS) is 14.6. The number of benzene rings is 5. The Morgan fingerprint density at radius 2 is 1.39 bits per heavy atom. The van der Waals surface area contributed by atoms with Crippen LogP contribution in [0.15, 0.2) is 136 Å². The molecule has 0 spiro atoms. The molecule has 2 aliphatic heterocycles. The second-order valence-corrected chi connectivity index (χ2v) is 19.6. The van der Waals surface area contributed by atoms with Gasteiger partial charge >= 0.3 is 5.51 Å². The first-order valence-corrected chi connectivity index (χ1v) is 26.7. The summed E-state index contributed by atoms with van der Waals surface area (Å²) in [5.41, 5.74) is -0.767. The molecule has 67 heavy (non-hydrogen) atoms. The van der Waals surface area contributed by atoms with Crippen molar-refractivity contribution < 1.29 is 26.4 Å². The number of likely N-dealkylation sites (tertiary alicyclic amines) is 1. The standard InChI is InChI=1S/C39H36ClF3N4O3S3.C8H18N2.2C2H6/c40-31-14-10-28(11-15-31)35-9-5-4-6-30(35)27-46-21-23-47(24-22-46)32-16-12-29(13-17-32)38(48)45-52-34-18-19-36(37(26-34)53(49,50)39(41,42)43)44-20-25-51-33-7-2-1-3-8-33;1-3-10-6-4-8(9-2)5-7-10;2*1-2/h1-19,26,44H,20-25,27H2,(H,45,48);8-9H,3-7H2,1-2H3;2*1-2H3. The van der Waals surface area contributed by atoms with E-state index < -0.39 is 26.1 Å². The summed E-state index contributed by atoms with van der Waals surface area (Å²) in [7, 11) is -3.60.